The minimum atomic E-state index is -0.522. The molecule has 3 aromatic rings. The lowest BCUT2D eigenvalue weighted by atomic mass is 9.87. The summed E-state index contributed by atoms with van der Waals surface area (Å²) in [7, 11) is 0. The first-order valence-corrected chi connectivity index (χ1v) is 7.77. The van der Waals surface area contributed by atoms with Crippen molar-refractivity contribution in [3.05, 3.63) is 58.1 Å². The number of aromatic amines is 1. The third-order valence-electron chi connectivity index (χ3n) is 3.94. The maximum Gasteiger partial charge on any atom is 0.270 e. The molecular formula is C18H18N4O3. The number of rotatable bonds is 3. The van der Waals surface area contributed by atoms with Gasteiger partial charge in [-0.05, 0) is 17.0 Å². The highest BCUT2D eigenvalue weighted by Gasteiger charge is 2.17. The van der Waals surface area contributed by atoms with E-state index in [1.165, 1.54) is 23.8 Å². The van der Waals surface area contributed by atoms with E-state index < -0.39 is 4.92 Å². The highest BCUT2D eigenvalue weighted by molar-refractivity contribution is 5.69. The number of phenolic OH excluding ortho intramolecular Hbond substituents is 1. The fourth-order valence-electron chi connectivity index (χ4n) is 2.46. The van der Waals surface area contributed by atoms with E-state index in [0.717, 1.165) is 5.56 Å². The summed E-state index contributed by atoms with van der Waals surface area (Å²) in [6, 6.07) is 11.7. The van der Waals surface area contributed by atoms with Crippen LogP contribution in [0.5, 0.6) is 5.75 Å². The number of nitrogens with one attached hydrogen (secondary N) is 1. The summed E-state index contributed by atoms with van der Waals surface area (Å²) in [5.74, 6) is 0.633. The van der Waals surface area contributed by atoms with Gasteiger partial charge in [0.25, 0.3) is 5.69 Å². The molecule has 1 aromatic heterocycles. The number of benzene rings is 2. The van der Waals surface area contributed by atoms with Gasteiger partial charge >= 0.3 is 0 Å². The van der Waals surface area contributed by atoms with Crippen LogP contribution in [0.4, 0.5) is 5.69 Å². The summed E-state index contributed by atoms with van der Waals surface area (Å²) in [6.45, 7) is 6.41. The molecule has 0 bridgehead atoms. The molecule has 2 N–H and O–H groups in total. The molecule has 0 saturated heterocycles. The van der Waals surface area contributed by atoms with Crippen LogP contribution in [0.1, 0.15) is 26.3 Å². The van der Waals surface area contributed by atoms with Gasteiger partial charge in [-0.15, -0.1) is 0 Å². The van der Waals surface area contributed by atoms with E-state index in [1.54, 1.807) is 0 Å². The van der Waals surface area contributed by atoms with Gasteiger partial charge in [0.15, 0.2) is 11.6 Å². The van der Waals surface area contributed by atoms with Gasteiger partial charge in [0, 0.05) is 17.7 Å². The van der Waals surface area contributed by atoms with Crippen LogP contribution in [0.25, 0.3) is 22.8 Å². The first-order chi connectivity index (χ1) is 11.8. The summed E-state index contributed by atoms with van der Waals surface area (Å²) in [4.78, 5) is 14.7. The van der Waals surface area contributed by atoms with E-state index in [0.29, 0.717) is 5.82 Å². The molecule has 0 atom stereocenters. The standard InChI is InChI=1S/C18H18N4O3/c1-18(2,3)12-6-4-11(5-7-12)16-19-17(21-20-16)14-10-13(22(24)25)8-9-15(14)23/h4-10,23H,1-3H3,(H,19,20,21). The number of hydrogen-bond donors (Lipinski definition) is 2. The number of nitro benzene ring substituents is 1. The number of aromatic hydroxyl groups is 1. The lowest BCUT2D eigenvalue weighted by molar-refractivity contribution is -0.384. The predicted octanol–water partition coefficient (Wildman–Crippen LogP) is 4.05. The van der Waals surface area contributed by atoms with Crippen LogP contribution in [0, 0.1) is 10.1 Å². The molecule has 0 fully saturated rings. The average Bonchev–Trinajstić information content (AvgIpc) is 3.04. The van der Waals surface area contributed by atoms with Gasteiger partial charge in [0.1, 0.15) is 5.75 Å². The molecule has 0 spiro atoms. The van der Waals surface area contributed by atoms with Gasteiger partial charge in [-0.1, -0.05) is 45.0 Å². The normalized spacial score (nSPS) is 11.5. The molecule has 7 heteroatoms. The summed E-state index contributed by atoms with van der Waals surface area (Å²) in [5, 5.41) is 27.8. The van der Waals surface area contributed by atoms with Crippen LogP contribution >= 0.6 is 0 Å². The molecule has 25 heavy (non-hydrogen) atoms. The number of aromatic nitrogens is 3. The predicted molar refractivity (Wildman–Crippen MR) is 94.3 cm³/mol. The largest absolute Gasteiger partial charge is 0.507 e. The second kappa shape index (κ2) is 6.01. The highest BCUT2D eigenvalue weighted by atomic mass is 16.6. The molecule has 0 amide bonds. The zero-order valence-corrected chi connectivity index (χ0v) is 14.1. The van der Waals surface area contributed by atoms with Crippen molar-refractivity contribution in [3.63, 3.8) is 0 Å². The van der Waals surface area contributed by atoms with Gasteiger partial charge in [-0.2, -0.15) is 5.10 Å². The highest BCUT2D eigenvalue weighted by Crippen LogP contribution is 2.31. The number of hydrogen-bond acceptors (Lipinski definition) is 5. The number of nitrogens with zero attached hydrogens (tertiary/aromatic N) is 3. The Labute approximate surface area is 144 Å². The smallest absolute Gasteiger partial charge is 0.270 e. The molecule has 3 rings (SSSR count). The van der Waals surface area contributed by atoms with Gasteiger partial charge in [0.05, 0.1) is 10.5 Å². The molecule has 0 unspecified atom stereocenters. The second-order valence-electron chi connectivity index (χ2n) is 6.79. The topological polar surface area (TPSA) is 105 Å². The van der Waals surface area contributed by atoms with Crippen LogP contribution in [-0.2, 0) is 5.41 Å². The van der Waals surface area contributed by atoms with Crippen molar-refractivity contribution >= 4 is 5.69 Å². The number of nitro groups is 1. The van der Waals surface area contributed by atoms with E-state index >= 15 is 0 Å². The molecule has 2 aromatic carbocycles. The molecule has 0 aliphatic rings. The number of H-pyrrole nitrogens is 1. The molecule has 0 aliphatic carbocycles. The summed E-state index contributed by atoms with van der Waals surface area (Å²) >= 11 is 0. The average molecular weight is 338 g/mol. The number of non-ortho nitro benzene ring substituents is 1. The second-order valence-corrected chi connectivity index (χ2v) is 6.79. The van der Waals surface area contributed by atoms with Gasteiger partial charge in [-0.25, -0.2) is 4.98 Å². The Morgan fingerprint density at radius 3 is 2.40 bits per heavy atom. The third kappa shape index (κ3) is 3.35. The monoisotopic (exact) mass is 338 g/mol. The molecular weight excluding hydrogens is 320 g/mol. The van der Waals surface area contributed by atoms with Crippen molar-refractivity contribution in [1.29, 1.82) is 0 Å². The minimum Gasteiger partial charge on any atom is -0.507 e. The molecule has 128 valence electrons. The van der Waals surface area contributed by atoms with E-state index in [1.807, 2.05) is 24.3 Å². The SMILES string of the molecule is CC(C)(C)c1ccc(-c2n[nH]c(-c3cc([N+](=O)[O-])ccc3O)n2)cc1. The van der Waals surface area contributed by atoms with Crippen LogP contribution in [0.3, 0.4) is 0 Å². The number of phenols is 1. The van der Waals surface area contributed by atoms with E-state index in [2.05, 4.69) is 36.0 Å². The summed E-state index contributed by atoms with van der Waals surface area (Å²) in [6.07, 6.45) is 0. The molecule has 1 heterocycles. The van der Waals surface area contributed by atoms with Crippen molar-refractivity contribution in [3.8, 4) is 28.5 Å². The van der Waals surface area contributed by atoms with Gasteiger partial charge in [-0.3, -0.25) is 15.2 Å². The van der Waals surface area contributed by atoms with Crippen molar-refractivity contribution < 1.29 is 10.0 Å². The van der Waals surface area contributed by atoms with Gasteiger partial charge in [0.2, 0.25) is 0 Å². The van der Waals surface area contributed by atoms with Crippen molar-refractivity contribution in [2.75, 3.05) is 0 Å². The van der Waals surface area contributed by atoms with Crippen molar-refractivity contribution in [2.45, 2.75) is 26.2 Å². The molecule has 0 radical (unpaired) electrons. The summed E-state index contributed by atoms with van der Waals surface area (Å²) in [5.41, 5.74) is 2.18. The van der Waals surface area contributed by atoms with Crippen LogP contribution in [0.15, 0.2) is 42.5 Å². The van der Waals surface area contributed by atoms with Crippen molar-refractivity contribution in [2.24, 2.45) is 0 Å². The third-order valence-corrected chi connectivity index (χ3v) is 3.94. The van der Waals surface area contributed by atoms with Crippen molar-refractivity contribution in [1.82, 2.24) is 15.2 Å². The van der Waals surface area contributed by atoms with Crippen LogP contribution in [0.2, 0.25) is 0 Å². The van der Waals surface area contributed by atoms with Crippen LogP contribution < -0.4 is 0 Å². The van der Waals surface area contributed by atoms with Crippen LogP contribution in [-0.4, -0.2) is 25.2 Å². The van der Waals surface area contributed by atoms with E-state index in [-0.39, 0.29) is 28.2 Å². The zero-order chi connectivity index (χ0) is 18.2. The van der Waals surface area contributed by atoms with Gasteiger partial charge < -0.3 is 5.11 Å². The zero-order valence-electron chi connectivity index (χ0n) is 14.1. The fourth-order valence-corrected chi connectivity index (χ4v) is 2.46. The maximum atomic E-state index is 10.9. The Balaban J connectivity index is 1.96. The first kappa shape index (κ1) is 16.6. The Morgan fingerprint density at radius 2 is 1.80 bits per heavy atom. The Bertz CT molecular complexity index is 924. The Morgan fingerprint density at radius 1 is 1.12 bits per heavy atom. The Kier molecular flexibility index (Phi) is 4.00. The quantitative estimate of drug-likeness (QED) is 0.553. The minimum absolute atomic E-state index is 0.0530. The fraction of sp³-hybridized carbons (Fsp3) is 0.222. The van der Waals surface area contributed by atoms with E-state index in [4.69, 9.17) is 0 Å². The lowest BCUT2D eigenvalue weighted by Gasteiger charge is -2.18. The maximum absolute atomic E-state index is 10.9. The van der Waals surface area contributed by atoms with E-state index in [9.17, 15) is 15.2 Å². The molecule has 0 aliphatic heterocycles. The summed E-state index contributed by atoms with van der Waals surface area (Å²) < 4.78 is 0. The molecule has 0 saturated carbocycles. The Hall–Kier alpha value is -3.22. The molecule has 7 nitrogen and oxygen atoms in total. The lowest BCUT2D eigenvalue weighted by Crippen LogP contribution is -2.10. The first-order valence-electron chi connectivity index (χ1n) is 7.77.